The van der Waals surface area contributed by atoms with Crippen molar-refractivity contribution in [1.29, 1.82) is 0 Å². The minimum absolute atomic E-state index is 0.0942. The first-order valence-corrected chi connectivity index (χ1v) is 10.5. The monoisotopic (exact) mass is 410 g/mol. The quantitative estimate of drug-likeness (QED) is 0.634. The number of hydrogen-bond donors (Lipinski definition) is 2. The predicted octanol–water partition coefficient (Wildman–Crippen LogP) is 1.51. The smallest absolute Gasteiger partial charge is 0.328 e. The first-order chi connectivity index (χ1) is 14.7. The molecule has 5 rings (SSSR count). The van der Waals surface area contributed by atoms with E-state index in [1.807, 2.05) is 12.1 Å². The molecule has 9 nitrogen and oxygen atoms in total. The predicted molar refractivity (Wildman–Crippen MR) is 112 cm³/mol. The van der Waals surface area contributed by atoms with Crippen LogP contribution in [-0.4, -0.2) is 56.8 Å². The molecule has 2 saturated heterocycles. The van der Waals surface area contributed by atoms with Gasteiger partial charge in [-0.25, -0.2) is 4.79 Å². The molecule has 158 valence electrons. The Hall–Kier alpha value is -2.91. The number of imidazole rings is 1. The van der Waals surface area contributed by atoms with E-state index in [2.05, 4.69) is 32.0 Å². The van der Waals surface area contributed by atoms with Crippen LogP contribution >= 0.6 is 0 Å². The lowest BCUT2D eigenvalue weighted by Gasteiger charge is -2.15. The molecule has 3 aromatic rings. The maximum absolute atomic E-state index is 12.6. The van der Waals surface area contributed by atoms with Crippen LogP contribution in [0.5, 0.6) is 6.01 Å². The highest BCUT2D eigenvalue weighted by atomic mass is 16.6. The van der Waals surface area contributed by atoms with Gasteiger partial charge in [0.2, 0.25) is 0 Å². The molecule has 0 saturated carbocycles. The van der Waals surface area contributed by atoms with Gasteiger partial charge in [0.15, 0.2) is 11.5 Å². The van der Waals surface area contributed by atoms with E-state index in [0.717, 1.165) is 31.6 Å². The van der Waals surface area contributed by atoms with Crippen LogP contribution in [0, 0.1) is 0 Å². The molecule has 2 aliphatic rings. The van der Waals surface area contributed by atoms with Gasteiger partial charge in [0, 0.05) is 13.0 Å². The second-order valence-electron chi connectivity index (χ2n) is 8.01. The van der Waals surface area contributed by atoms with Crippen LogP contribution in [-0.2, 0) is 17.8 Å². The second kappa shape index (κ2) is 8.08. The van der Waals surface area contributed by atoms with Gasteiger partial charge in [-0.1, -0.05) is 24.3 Å². The zero-order valence-electron chi connectivity index (χ0n) is 16.8. The van der Waals surface area contributed by atoms with E-state index in [-0.39, 0.29) is 23.6 Å². The van der Waals surface area contributed by atoms with Crippen molar-refractivity contribution in [2.75, 3.05) is 32.0 Å². The molecule has 3 N–H and O–H groups in total. The minimum Gasteiger partial charge on any atom is -0.457 e. The summed E-state index contributed by atoms with van der Waals surface area (Å²) in [5, 5.41) is 0. The Kier molecular flexibility index (Phi) is 5.14. The standard InChI is InChI=1S/C21H26N6O3/c22-18-17-19(25-20(24-18)30-16-6-9-29-13-16)27(21(28)23-17)12-15-5-3-4-14(10-15)11-26-7-1-2-8-26/h3-5,10,16H,1-2,6-9,11-13H2,(H,23,28)(H2,22,24,25). The lowest BCUT2D eigenvalue weighted by Crippen LogP contribution is -2.20. The highest BCUT2D eigenvalue weighted by Crippen LogP contribution is 2.21. The summed E-state index contributed by atoms with van der Waals surface area (Å²) in [5.41, 5.74) is 8.98. The van der Waals surface area contributed by atoms with E-state index in [1.54, 1.807) is 4.57 Å². The Labute approximate surface area is 173 Å². The number of anilines is 1. The number of likely N-dealkylation sites (tertiary alicyclic amines) is 1. The molecule has 2 fully saturated rings. The fourth-order valence-electron chi connectivity index (χ4n) is 4.19. The molecule has 0 radical (unpaired) electrons. The highest BCUT2D eigenvalue weighted by Gasteiger charge is 2.21. The van der Waals surface area contributed by atoms with Crippen molar-refractivity contribution in [3.8, 4) is 6.01 Å². The molecular formula is C21H26N6O3. The number of ether oxygens (including phenoxy) is 2. The molecule has 1 unspecified atom stereocenters. The highest BCUT2D eigenvalue weighted by molar-refractivity contribution is 5.81. The van der Waals surface area contributed by atoms with Crippen molar-refractivity contribution < 1.29 is 9.47 Å². The van der Waals surface area contributed by atoms with Gasteiger partial charge in [-0.3, -0.25) is 9.47 Å². The summed E-state index contributed by atoms with van der Waals surface area (Å²) in [7, 11) is 0. The molecule has 0 bridgehead atoms. The molecule has 2 aliphatic heterocycles. The number of nitrogens with one attached hydrogen (secondary N) is 1. The normalized spacial score (nSPS) is 19.7. The van der Waals surface area contributed by atoms with E-state index < -0.39 is 0 Å². The number of fused-ring (bicyclic) bond motifs is 1. The number of hydrogen-bond acceptors (Lipinski definition) is 7. The van der Waals surface area contributed by atoms with Crippen LogP contribution < -0.4 is 16.2 Å². The largest absolute Gasteiger partial charge is 0.457 e. The molecule has 1 aromatic carbocycles. The third kappa shape index (κ3) is 3.90. The van der Waals surface area contributed by atoms with E-state index in [1.165, 1.54) is 18.4 Å². The van der Waals surface area contributed by atoms with Gasteiger partial charge < -0.3 is 20.2 Å². The van der Waals surface area contributed by atoms with Gasteiger partial charge in [-0.15, -0.1) is 0 Å². The van der Waals surface area contributed by atoms with Crippen LogP contribution in [0.3, 0.4) is 0 Å². The molecule has 2 aromatic heterocycles. The lowest BCUT2D eigenvalue weighted by atomic mass is 10.1. The summed E-state index contributed by atoms with van der Waals surface area (Å²) in [6, 6.07) is 8.53. The molecule has 9 heteroatoms. The van der Waals surface area contributed by atoms with Crippen molar-refractivity contribution in [3.05, 3.63) is 45.9 Å². The van der Waals surface area contributed by atoms with E-state index in [0.29, 0.717) is 30.9 Å². The molecule has 0 spiro atoms. The van der Waals surface area contributed by atoms with Crippen molar-refractivity contribution >= 4 is 17.0 Å². The number of nitrogen functional groups attached to an aromatic ring is 1. The van der Waals surface area contributed by atoms with Crippen LogP contribution in [0.1, 0.15) is 30.4 Å². The van der Waals surface area contributed by atoms with Crippen molar-refractivity contribution in [1.82, 2.24) is 24.4 Å². The van der Waals surface area contributed by atoms with E-state index >= 15 is 0 Å². The molecule has 4 heterocycles. The third-order valence-electron chi connectivity index (χ3n) is 5.73. The number of nitrogens with zero attached hydrogens (tertiary/aromatic N) is 4. The average Bonchev–Trinajstić information content (AvgIpc) is 3.47. The summed E-state index contributed by atoms with van der Waals surface area (Å²) < 4.78 is 12.7. The maximum atomic E-state index is 12.6. The van der Waals surface area contributed by atoms with Crippen LogP contribution in [0.2, 0.25) is 0 Å². The second-order valence-corrected chi connectivity index (χ2v) is 8.01. The summed E-state index contributed by atoms with van der Waals surface area (Å²) in [6.45, 7) is 4.80. The van der Waals surface area contributed by atoms with Gasteiger partial charge in [0.05, 0.1) is 19.8 Å². The molecule has 0 aliphatic carbocycles. The fourth-order valence-corrected chi connectivity index (χ4v) is 4.19. The average molecular weight is 410 g/mol. The van der Waals surface area contributed by atoms with Gasteiger partial charge in [0.1, 0.15) is 11.6 Å². The van der Waals surface area contributed by atoms with E-state index in [9.17, 15) is 4.79 Å². The van der Waals surface area contributed by atoms with Gasteiger partial charge in [-0.05, 0) is 37.1 Å². The number of aromatic nitrogens is 4. The summed E-state index contributed by atoms with van der Waals surface area (Å²) in [6.07, 6.45) is 3.22. The SMILES string of the molecule is Nc1nc(OC2CCOC2)nc2c1[nH]c(=O)n2Cc1cccc(CN2CCCC2)c1. The van der Waals surface area contributed by atoms with Crippen LogP contribution in [0.25, 0.3) is 11.2 Å². The molecule has 30 heavy (non-hydrogen) atoms. The summed E-state index contributed by atoms with van der Waals surface area (Å²) in [5.74, 6) is 0.201. The topological polar surface area (TPSA) is 111 Å². The lowest BCUT2D eigenvalue weighted by molar-refractivity contribution is 0.134. The van der Waals surface area contributed by atoms with Gasteiger partial charge >= 0.3 is 11.7 Å². The van der Waals surface area contributed by atoms with Crippen molar-refractivity contribution in [2.45, 2.75) is 38.5 Å². The Morgan fingerprint density at radius 2 is 2.00 bits per heavy atom. The zero-order chi connectivity index (χ0) is 20.5. The Bertz CT molecular complexity index is 1100. The third-order valence-corrected chi connectivity index (χ3v) is 5.73. The number of rotatable bonds is 6. The number of benzene rings is 1. The number of H-pyrrole nitrogens is 1. The minimum atomic E-state index is -0.266. The van der Waals surface area contributed by atoms with Crippen LogP contribution in [0.4, 0.5) is 5.82 Å². The summed E-state index contributed by atoms with van der Waals surface area (Å²) in [4.78, 5) is 26.5. The van der Waals surface area contributed by atoms with Crippen molar-refractivity contribution in [3.63, 3.8) is 0 Å². The summed E-state index contributed by atoms with van der Waals surface area (Å²) >= 11 is 0. The molecular weight excluding hydrogens is 384 g/mol. The zero-order valence-corrected chi connectivity index (χ0v) is 16.8. The first-order valence-electron chi connectivity index (χ1n) is 10.5. The first kappa shape index (κ1) is 19.1. The fraction of sp³-hybridized carbons (Fsp3) is 0.476. The number of nitrogens with two attached hydrogens (primary N) is 1. The van der Waals surface area contributed by atoms with Crippen LogP contribution in [0.15, 0.2) is 29.1 Å². The van der Waals surface area contributed by atoms with Crippen molar-refractivity contribution in [2.24, 2.45) is 0 Å². The van der Waals surface area contributed by atoms with Gasteiger partial charge in [0.25, 0.3) is 0 Å². The van der Waals surface area contributed by atoms with E-state index in [4.69, 9.17) is 15.2 Å². The Balaban J connectivity index is 1.42. The molecule has 1 atom stereocenters. The van der Waals surface area contributed by atoms with Gasteiger partial charge in [-0.2, -0.15) is 9.97 Å². The Morgan fingerprint density at radius 1 is 1.20 bits per heavy atom. The molecule has 0 amide bonds. The number of aromatic amines is 1. The Morgan fingerprint density at radius 3 is 2.77 bits per heavy atom. The maximum Gasteiger partial charge on any atom is 0.328 e.